The Kier molecular flexibility index (Phi) is 5.82. The fourth-order valence-electron chi connectivity index (χ4n) is 3.76. The minimum atomic E-state index is 0.199. The van der Waals surface area contributed by atoms with E-state index in [-0.39, 0.29) is 6.04 Å². The summed E-state index contributed by atoms with van der Waals surface area (Å²) in [5.74, 6) is 0.804. The smallest absolute Gasteiger partial charge is 0.236 e. The van der Waals surface area contributed by atoms with Gasteiger partial charge in [0.05, 0.1) is 18.5 Å². The normalized spacial score (nSPS) is 14.9. The molecule has 1 aliphatic rings. The molecule has 1 fully saturated rings. The van der Waals surface area contributed by atoms with Crippen LogP contribution in [0.4, 0.5) is 17.2 Å². The molecule has 1 aliphatic carbocycles. The monoisotopic (exact) mass is 381 g/mol. The van der Waals surface area contributed by atoms with E-state index < -0.39 is 0 Å². The Hall–Kier alpha value is -3.09. The van der Waals surface area contributed by atoms with E-state index in [1.165, 1.54) is 7.11 Å². The van der Waals surface area contributed by atoms with Gasteiger partial charge < -0.3 is 21.1 Å². The molecule has 3 rings (SSSR count). The summed E-state index contributed by atoms with van der Waals surface area (Å²) in [7, 11) is 1.54. The van der Waals surface area contributed by atoms with Gasteiger partial charge in [-0.3, -0.25) is 4.79 Å². The number of hydrogen-bond donors (Lipinski definition) is 2. The van der Waals surface area contributed by atoms with Gasteiger partial charge in [0.2, 0.25) is 12.3 Å². The van der Waals surface area contributed by atoms with E-state index in [2.05, 4.69) is 9.97 Å². The highest BCUT2D eigenvalue weighted by atomic mass is 16.5. The van der Waals surface area contributed by atoms with Crippen LogP contribution in [0.2, 0.25) is 0 Å². The van der Waals surface area contributed by atoms with Gasteiger partial charge in [0, 0.05) is 29.6 Å². The predicted molar refractivity (Wildman–Crippen MR) is 113 cm³/mol. The largest absolute Gasteiger partial charge is 0.480 e. The summed E-state index contributed by atoms with van der Waals surface area (Å²) in [6.07, 6.45) is 8.90. The van der Waals surface area contributed by atoms with Crippen LogP contribution in [-0.2, 0) is 4.79 Å². The van der Waals surface area contributed by atoms with Crippen LogP contribution in [0.5, 0.6) is 5.88 Å². The van der Waals surface area contributed by atoms with Crippen molar-refractivity contribution in [2.24, 2.45) is 0 Å². The van der Waals surface area contributed by atoms with Crippen molar-refractivity contribution in [2.75, 3.05) is 23.5 Å². The van der Waals surface area contributed by atoms with Gasteiger partial charge in [-0.15, -0.1) is 0 Å². The third kappa shape index (κ3) is 3.93. The lowest BCUT2D eigenvalue weighted by atomic mass is 10.0. The van der Waals surface area contributed by atoms with Crippen LogP contribution in [0.15, 0.2) is 18.3 Å². The molecule has 0 aromatic carbocycles. The van der Waals surface area contributed by atoms with Crippen LogP contribution in [-0.4, -0.2) is 29.5 Å². The zero-order valence-corrected chi connectivity index (χ0v) is 16.6. The highest BCUT2D eigenvalue weighted by molar-refractivity contribution is 5.90. The van der Waals surface area contributed by atoms with Gasteiger partial charge in [-0.05, 0) is 50.0 Å². The number of ether oxygens (including phenoxy) is 1. The first kappa shape index (κ1) is 19.7. The molecule has 0 radical (unpaired) electrons. The number of pyridine rings is 2. The molecule has 1 amide bonds. The SMILES string of the molecule is COc1ncc(/C(C)=C/c2c(N(C=O)C3CCCC3)cc(N)nc2C)cc1N. The second kappa shape index (κ2) is 8.29. The molecule has 7 nitrogen and oxygen atoms in total. The molecular formula is C21H27N5O2. The number of carbonyl (C=O) groups excluding carboxylic acids is 1. The average Bonchev–Trinajstić information content (AvgIpc) is 3.19. The van der Waals surface area contributed by atoms with Crippen LogP contribution in [0.25, 0.3) is 11.6 Å². The lowest BCUT2D eigenvalue weighted by molar-refractivity contribution is -0.107. The van der Waals surface area contributed by atoms with Crippen molar-refractivity contribution in [3.05, 3.63) is 35.2 Å². The minimum Gasteiger partial charge on any atom is -0.480 e. The molecular weight excluding hydrogens is 354 g/mol. The molecule has 0 unspecified atom stereocenters. The number of aryl methyl sites for hydroxylation is 1. The summed E-state index contributed by atoms with van der Waals surface area (Å²) >= 11 is 0. The van der Waals surface area contributed by atoms with Gasteiger partial charge in [0.25, 0.3) is 0 Å². The van der Waals surface area contributed by atoms with E-state index in [0.29, 0.717) is 17.4 Å². The van der Waals surface area contributed by atoms with Gasteiger partial charge >= 0.3 is 0 Å². The highest BCUT2D eigenvalue weighted by Crippen LogP contribution is 2.34. The maximum absolute atomic E-state index is 11.9. The minimum absolute atomic E-state index is 0.199. The van der Waals surface area contributed by atoms with E-state index in [9.17, 15) is 4.79 Å². The first-order valence-corrected chi connectivity index (χ1v) is 9.43. The van der Waals surface area contributed by atoms with E-state index in [1.54, 1.807) is 17.2 Å². The Morgan fingerprint density at radius 3 is 2.61 bits per heavy atom. The molecule has 0 atom stereocenters. The van der Waals surface area contributed by atoms with Gasteiger partial charge in [0.1, 0.15) is 5.82 Å². The molecule has 0 saturated heterocycles. The maximum atomic E-state index is 11.9. The van der Waals surface area contributed by atoms with Crippen LogP contribution in [0.3, 0.4) is 0 Å². The second-order valence-corrected chi connectivity index (χ2v) is 7.17. The molecule has 2 aromatic rings. The summed E-state index contributed by atoms with van der Waals surface area (Å²) in [5, 5.41) is 0. The van der Waals surface area contributed by atoms with Crippen molar-refractivity contribution in [2.45, 2.75) is 45.6 Å². The highest BCUT2D eigenvalue weighted by Gasteiger charge is 2.25. The van der Waals surface area contributed by atoms with Crippen LogP contribution >= 0.6 is 0 Å². The summed E-state index contributed by atoms with van der Waals surface area (Å²) in [6, 6.07) is 3.80. The zero-order valence-electron chi connectivity index (χ0n) is 16.6. The third-order valence-corrected chi connectivity index (χ3v) is 5.25. The molecule has 0 spiro atoms. The number of aromatic nitrogens is 2. The van der Waals surface area contributed by atoms with E-state index in [0.717, 1.165) is 60.2 Å². The zero-order chi connectivity index (χ0) is 20.3. The standard InChI is InChI=1S/C21H27N5O2/c1-13(15-9-18(22)21(28-3)24-11-15)8-17-14(2)25-20(23)10-19(17)26(12-27)16-6-4-5-7-16/h8-12,16H,4-7,22H2,1-3H3,(H2,23,25)/b13-8+. The summed E-state index contributed by atoms with van der Waals surface area (Å²) in [6.45, 7) is 3.88. The van der Waals surface area contributed by atoms with Crippen molar-refractivity contribution in [1.82, 2.24) is 9.97 Å². The summed E-state index contributed by atoms with van der Waals surface area (Å²) in [5.41, 5.74) is 16.7. The number of nitrogens with two attached hydrogens (primary N) is 2. The molecule has 28 heavy (non-hydrogen) atoms. The number of anilines is 3. The first-order valence-electron chi connectivity index (χ1n) is 9.43. The van der Waals surface area contributed by atoms with Crippen LogP contribution in [0, 0.1) is 6.92 Å². The Balaban J connectivity index is 2.06. The number of nitrogens with zero attached hydrogens (tertiary/aromatic N) is 3. The van der Waals surface area contributed by atoms with E-state index in [4.69, 9.17) is 16.2 Å². The molecule has 7 heteroatoms. The van der Waals surface area contributed by atoms with E-state index in [1.807, 2.05) is 26.0 Å². The number of methoxy groups -OCH3 is 1. The number of rotatable bonds is 6. The van der Waals surface area contributed by atoms with Crippen molar-refractivity contribution in [3.63, 3.8) is 0 Å². The van der Waals surface area contributed by atoms with Gasteiger partial charge in [-0.2, -0.15) is 0 Å². The Morgan fingerprint density at radius 2 is 2.00 bits per heavy atom. The van der Waals surface area contributed by atoms with Gasteiger partial charge in [-0.1, -0.05) is 12.8 Å². The number of allylic oxidation sites excluding steroid dienone is 1. The van der Waals surface area contributed by atoms with Gasteiger partial charge in [-0.25, -0.2) is 9.97 Å². The maximum Gasteiger partial charge on any atom is 0.236 e. The predicted octanol–water partition coefficient (Wildman–Crippen LogP) is 3.42. The number of carbonyl (C=O) groups is 1. The topological polar surface area (TPSA) is 107 Å². The fraction of sp³-hybridized carbons (Fsp3) is 0.381. The third-order valence-electron chi connectivity index (χ3n) is 5.25. The first-order chi connectivity index (χ1) is 13.4. The van der Waals surface area contributed by atoms with Crippen molar-refractivity contribution in [1.29, 1.82) is 0 Å². The van der Waals surface area contributed by atoms with Crippen LogP contribution in [0.1, 0.15) is 49.4 Å². The molecule has 4 N–H and O–H groups in total. The number of amides is 1. The average molecular weight is 381 g/mol. The molecule has 1 saturated carbocycles. The Bertz CT molecular complexity index is 904. The number of nitrogen functional groups attached to an aromatic ring is 2. The van der Waals surface area contributed by atoms with Crippen LogP contribution < -0.4 is 21.1 Å². The molecule has 0 aliphatic heterocycles. The lowest BCUT2D eigenvalue weighted by Gasteiger charge is -2.27. The summed E-state index contributed by atoms with van der Waals surface area (Å²) in [4.78, 5) is 22.4. The van der Waals surface area contributed by atoms with Gasteiger partial charge in [0.15, 0.2) is 0 Å². The fourth-order valence-corrected chi connectivity index (χ4v) is 3.76. The molecule has 148 valence electrons. The number of hydrogen-bond acceptors (Lipinski definition) is 6. The van der Waals surface area contributed by atoms with Crippen molar-refractivity contribution in [3.8, 4) is 5.88 Å². The summed E-state index contributed by atoms with van der Waals surface area (Å²) < 4.78 is 5.13. The Morgan fingerprint density at radius 1 is 1.29 bits per heavy atom. The van der Waals surface area contributed by atoms with E-state index >= 15 is 0 Å². The Labute approximate surface area is 165 Å². The molecule has 0 bridgehead atoms. The quantitative estimate of drug-likeness (QED) is 0.742. The lowest BCUT2D eigenvalue weighted by Crippen LogP contribution is -2.32. The molecule has 2 heterocycles. The molecule has 2 aromatic heterocycles. The van der Waals surface area contributed by atoms with Crippen molar-refractivity contribution < 1.29 is 9.53 Å². The second-order valence-electron chi connectivity index (χ2n) is 7.17. The van der Waals surface area contributed by atoms with Crippen molar-refractivity contribution >= 4 is 35.3 Å².